The van der Waals surface area contributed by atoms with Gasteiger partial charge in [-0.15, -0.1) is 0 Å². The maximum Gasteiger partial charge on any atom is 0.334 e. The lowest BCUT2D eigenvalue weighted by Crippen LogP contribution is -2.01. The van der Waals surface area contributed by atoms with Gasteiger partial charge in [-0.1, -0.05) is 22.0 Å². The number of carbonyl (C=O) groups is 1. The first-order valence-electron chi connectivity index (χ1n) is 2.88. The summed E-state index contributed by atoms with van der Waals surface area (Å²) in [5.74, 6) is -0.245. The topological polar surface area (TPSA) is 26.3 Å². The molecule has 0 aromatic rings. The van der Waals surface area contributed by atoms with Crippen molar-refractivity contribution in [2.45, 2.75) is 6.42 Å². The van der Waals surface area contributed by atoms with Crippen LogP contribution in [-0.4, -0.2) is 13.1 Å². The second-order valence-electron chi connectivity index (χ2n) is 1.95. The average molecular weight is 203 g/mol. The summed E-state index contributed by atoms with van der Waals surface area (Å²) in [5, 5.41) is 0. The van der Waals surface area contributed by atoms with E-state index in [-0.39, 0.29) is 5.97 Å². The van der Waals surface area contributed by atoms with Crippen molar-refractivity contribution in [1.82, 2.24) is 0 Å². The zero-order chi connectivity index (χ0) is 7.56. The van der Waals surface area contributed by atoms with Crippen LogP contribution in [0.15, 0.2) is 22.2 Å². The smallest absolute Gasteiger partial charge is 0.334 e. The van der Waals surface area contributed by atoms with Crippen molar-refractivity contribution in [3.8, 4) is 0 Å². The number of hydrogen-bond acceptors (Lipinski definition) is 2. The summed E-state index contributed by atoms with van der Waals surface area (Å²) in [6, 6.07) is 0. The first-order valence-corrected chi connectivity index (χ1v) is 3.68. The highest BCUT2D eigenvalue weighted by molar-refractivity contribution is 9.11. The number of rotatable bonds is 1. The van der Waals surface area contributed by atoms with Crippen LogP contribution in [0.2, 0.25) is 0 Å². The number of halogens is 1. The van der Waals surface area contributed by atoms with Gasteiger partial charge in [-0.2, -0.15) is 0 Å². The van der Waals surface area contributed by atoms with Crippen LogP contribution in [0.5, 0.6) is 0 Å². The lowest BCUT2D eigenvalue weighted by atomic mass is 10.2. The van der Waals surface area contributed by atoms with Crippen LogP contribution in [0, 0.1) is 0 Å². The van der Waals surface area contributed by atoms with Gasteiger partial charge in [0.2, 0.25) is 0 Å². The third-order valence-electron chi connectivity index (χ3n) is 1.28. The van der Waals surface area contributed by atoms with Gasteiger partial charge in [-0.05, 0) is 12.5 Å². The highest BCUT2D eigenvalue weighted by Crippen LogP contribution is 2.22. The summed E-state index contributed by atoms with van der Waals surface area (Å²) in [7, 11) is 1.38. The van der Waals surface area contributed by atoms with E-state index in [9.17, 15) is 4.79 Å². The fraction of sp³-hybridized carbons (Fsp3) is 0.286. The van der Waals surface area contributed by atoms with Gasteiger partial charge in [0.25, 0.3) is 0 Å². The molecule has 0 amide bonds. The number of ether oxygens (including phenoxy) is 1. The third-order valence-corrected chi connectivity index (χ3v) is 1.83. The molecule has 1 rings (SSSR count). The van der Waals surface area contributed by atoms with Crippen LogP contribution >= 0.6 is 15.9 Å². The monoisotopic (exact) mass is 202 g/mol. The van der Waals surface area contributed by atoms with Gasteiger partial charge in [-0.3, -0.25) is 0 Å². The van der Waals surface area contributed by atoms with Crippen molar-refractivity contribution in [2.24, 2.45) is 0 Å². The molecule has 2 nitrogen and oxygen atoms in total. The Kier molecular flexibility index (Phi) is 2.27. The van der Waals surface area contributed by atoms with Gasteiger partial charge in [-0.25, -0.2) is 4.79 Å². The molecule has 0 spiro atoms. The zero-order valence-corrected chi connectivity index (χ0v) is 7.14. The first-order chi connectivity index (χ1) is 4.74. The van der Waals surface area contributed by atoms with E-state index in [0.717, 1.165) is 4.48 Å². The van der Waals surface area contributed by atoms with Crippen molar-refractivity contribution in [2.75, 3.05) is 7.11 Å². The summed E-state index contributed by atoms with van der Waals surface area (Å²) < 4.78 is 5.47. The lowest BCUT2D eigenvalue weighted by molar-refractivity contribution is -0.136. The molecule has 3 heteroatoms. The van der Waals surface area contributed by atoms with Gasteiger partial charge in [0, 0.05) is 10.1 Å². The van der Waals surface area contributed by atoms with Crippen molar-refractivity contribution >= 4 is 21.9 Å². The molecule has 0 heterocycles. The fourth-order valence-corrected chi connectivity index (χ4v) is 1.20. The summed E-state index contributed by atoms with van der Waals surface area (Å²) in [4.78, 5) is 10.8. The SMILES string of the molecule is COC(=O)C1=CC(Br)=CC1. The van der Waals surface area contributed by atoms with Crippen LogP contribution < -0.4 is 0 Å². The number of hydrogen-bond donors (Lipinski definition) is 0. The van der Waals surface area contributed by atoms with E-state index in [1.165, 1.54) is 7.11 Å². The molecule has 0 aromatic carbocycles. The summed E-state index contributed by atoms with van der Waals surface area (Å²) in [6.45, 7) is 0. The standard InChI is InChI=1S/C7H7BrO2/c1-10-7(9)5-2-3-6(8)4-5/h3-4H,2H2,1H3. The van der Waals surface area contributed by atoms with E-state index >= 15 is 0 Å². The minimum absolute atomic E-state index is 0.245. The largest absolute Gasteiger partial charge is 0.466 e. The second-order valence-corrected chi connectivity index (χ2v) is 2.87. The maximum absolute atomic E-state index is 10.8. The summed E-state index contributed by atoms with van der Waals surface area (Å²) in [6.07, 6.45) is 4.37. The summed E-state index contributed by atoms with van der Waals surface area (Å²) >= 11 is 3.25. The van der Waals surface area contributed by atoms with E-state index in [2.05, 4.69) is 20.7 Å². The molecule has 0 aliphatic heterocycles. The summed E-state index contributed by atoms with van der Waals surface area (Å²) in [5.41, 5.74) is 0.703. The third kappa shape index (κ3) is 1.48. The van der Waals surface area contributed by atoms with Gasteiger partial charge >= 0.3 is 5.97 Å². The number of carbonyl (C=O) groups excluding carboxylic acids is 1. The van der Waals surface area contributed by atoms with Crippen LogP contribution in [-0.2, 0) is 9.53 Å². The Hall–Kier alpha value is -0.570. The predicted molar refractivity (Wildman–Crippen MR) is 41.7 cm³/mol. The van der Waals surface area contributed by atoms with Crippen LogP contribution in [0.25, 0.3) is 0 Å². The lowest BCUT2D eigenvalue weighted by Gasteiger charge is -1.95. The molecule has 1 aliphatic carbocycles. The van der Waals surface area contributed by atoms with Crippen molar-refractivity contribution in [1.29, 1.82) is 0 Å². The average Bonchev–Trinajstić information content (AvgIpc) is 2.34. The predicted octanol–water partition coefficient (Wildman–Crippen LogP) is 1.77. The van der Waals surface area contributed by atoms with Crippen LogP contribution in [0.3, 0.4) is 0 Å². The Bertz CT molecular complexity index is 216. The van der Waals surface area contributed by atoms with E-state index in [1.807, 2.05) is 6.08 Å². The second kappa shape index (κ2) is 3.01. The molecule has 0 aromatic heterocycles. The van der Waals surface area contributed by atoms with Crippen molar-refractivity contribution < 1.29 is 9.53 Å². The van der Waals surface area contributed by atoms with E-state index in [0.29, 0.717) is 12.0 Å². The minimum atomic E-state index is -0.245. The van der Waals surface area contributed by atoms with Crippen LogP contribution in [0.1, 0.15) is 6.42 Å². The number of methoxy groups -OCH3 is 1. The molecule has 1 aliphatic rings. The molecule has 0 saturated heterocycles. The molecular formula is C7H7BrO2. The highest BCUT2D eigenvalue weighted by Gasteiger charge is 2.12. The molecule has 0 atom stereocenters. The van der Waals surface area contributed by atoms with Crippen molar-refractivity contribution in [3.63, 3.8) is 0 Å². The highest BCUT2D eigenvalue weighted by atomic mass is 79.9. The van der Waals surface area contributed by atoms with Gasteiger partial charge < -0.3 is 4.74 Å². The molecule has 0 fully saturated rings. The Balaban J connectivity index is 2.63. The Morgan fingerprint density at radius 2 is 2.50 bits per heavy atom. The molecule has 54 valence electrons. The van der Waals surface area contributed by atoms with Gasteiger partial charge in [0.1, 0.15) is 0 Å². The molecular weight excluding hydrogens is 196 g/mol. The Labute approximate surface area is 67.7 Å². The molecule has 0 bridgehead atoms. The van der Waals surface area contributed by atoms with Crippen molar-refractivity contribution in [3.05, 3.63) is 22.2 Å². The molecule has 0 unspecified atom stereocenters. The maximum atomic E-state index is 10.8. The van der Waals surface area contributed by atoms with Gasteiger partial charge in [0.05, 0.1) is 7.11 Å². The van der Waals surface area contributed by atoms with Crippen LogP contribution in [0.4, 0.5) is 0 Å². The Morgan fingerprint density at radius 1 is 1.80 bits per heavy atom. The quantitative estimate of drug-likeness (QED) is 0.607. The molecule has 0 N–H and O–H groups in total. The first kappa shape index (κ1) is 7.54. The minimum Gasteiger partial charge on any atom is -0.466 e. The molecule has 0 saturated carbocycles. The molecule has 0 radical (unpaired) electrons. The van der Waals surface area contributed by atoms with E-state index < -0.39 is 0 Å². The van der Waals surface area contributed by atoms with E-state index in [4.69, 9.17) is 0 Å². The Morgan fingerprint density at radius 3 is 2.90 bits per heavy atom. The normalized spacial score (nSPS) is 16.2. The molecule has 10 heavy (non-hydrogen) atoms. The number of esters is 1. The zero-order valence-electron chi connectivity index (χ0n) is 5.56. The fourth-order valence-electron chi connectivity index (χ4n) is 0.765. The van der Waals surface area contributed by atoms with Gasteiger partial charge in [0.15, 0.2) is 0 Å². The number of allylic oxidation sites excluding steroid dienone is 3. The van der Waals surface area contributed by atoms with E-state index in [1.54, 1.807) is 6.08 Å².